The molecule has 428 valence electrons. The van der Waals surface area contributed by atoms with E-state index in [9.17, 15) is 44.4 Å². The first kappa shape index (κ1) is 61.0. The van der Waals surface area contributed by atoms with Crippen molar-refractivity contribution in [3.8, 4) is 0 Å². The summed E-state index contributed by atoms with van der Waals surface area (Å²) in [6, 6.07) is 10.7. The minimum atomic E-state index is -1.57. The molecule has 1 aromatic heterocycles. The molecule has 1 atom stereocenters. The second-order valence-electron chi connectivity index (χ2n) is 22.6. The number of carbonyl (C=O) groups is 5. The predicted octanol–water partition coefficient (Wildman–Crippen LogP) is 4.77. The molecule has 0 radical (unpaired) electrons. The third kappa shape index (κ3) is 15.6. The number of nitrogens with zero attached hydrogens (tertiary/aromatic N) is 9. The second-order valence-corrected chi connectivity index (χ2v) is 24.1. The highest BCUT2D eigenvalue weighted by Crippen LogP contribution is 2.45. The zero-order chi connectivity index (χ0) is 58.1. The number of Topliss-reactive ketones (excluding diaryl/α,β-unsaturated/α-hetero) is 1. The number of likely N-dealkylation sites (N-methyl/N-ethyl adjacent to an activating group) is 2. The summed E-state index contributed by atoms with van der Waals surface area (Å²) in [4.78, 5) is 82.4. The number of aliphatic imine (C=N–C) groups is 2. The van der Waals surface area contributed by atoms with Crippen LogP contribution in [0.3, 0.4) is 0 Å². The molecular formula is C58H77N11O9S2+2. The average Bonchev–Trinajstić information content (AvgIpc) is 3.88. The topological polar surface area (TPSA) is 235 Å². The number of thiocarbonyl (C=S) groups is 1. The van der Waals surface area contributed by atoms with Crippen LogP contribution in [0.5, 0.6) is 0 Å². The number of quaternary nitrogens is 1. The fraction of sp³-hybridized carbons (Fsp3) is 0.466. The Bertz CT molecular complexity index is 2960. The summed E-state index contributed by atoms with van der Waals surface area (Å²) >= 11 is 7.38. The summed E-state index contributed by atoms with van der Waals surface area (Å²) in [6.45, 7) is 10.5. The number of hydrogen-bond donors (Lipinski definition) is 6. The highest BCUT2D eigenvalue weighted by molar-refractivity contribution is 8.03. The molecule has 0 aliphatic carbocycles. The van der Waals surface area contributed by atoms with Crippen LogP contribution in [0.1, 0.15) is 46.1 Å². The van der Waals surface area contributed by atoms with E-state index in [0.29, 0.717) is 5.11 Å². The Morgan fingerprint density at radius 3 is 1.98 bits per heavy atom. The number of anilines is 1. The van der Waals surface area contributed by atoms with E-state index < -0.39 is 35.7 Å². The monoisotopic (exact) mass is 1140 g/mol. The molecule has 1 fully saturated rings. The third-order valence-electron chi connectivity index (χ3n) is 15.1. The van der Waals surface area contributed by atoms with Crippen molar-refractivity contribution in [1.82, 2.24) is 29.8 Å². The number of amidine groups is 1. The molecule has 5 aliphatic rings. The standard InChI is InChI=1S/C58H75N11O9S2/c1-57(2)43-12-10-24-63(5)53(43)61-46(57)21-15-39-37-69(7,8)38-40(16-22-47-58(3,4)44-13-11-25-64(6)54(44)62-47)52(39)80-42-19-17-41(18-20-42)60-56(79)59-23-9-14-45(70)51(55(77)78)68-32-30-66(35-49(73)74)28-26-65(34-48(71)72)27-29-67(31-33-68)36-50(75)76/h10-13,15-22,24-25,51H,9,14,23,26-38H2,1-8H3,(H4-2,59,60,71,72,73,74,75,76,77,78,79)/p+2. The number of rotatable bonds is 19. The largest absolute Gasteiger partial charge is 0.480 e. The number of carboxylic acids is 4. The van der Waals surface area contributed by atoms with Gasteiger partial charge in [-0.3, -0.25) is 43.6 Å². The van der Waals surface area contributed by atoms with Gasteiger partial charge in [0, 0.05) is 116 Å². The van der Waals surface area contributed by atoms with Crippen LogP contribution in [0.4, 0.5) is 11.5 Å². The number of carbonyl (C=O) groups excluding carboxylic acids is 1. The maximum absolute atomic E-state index is 13.8. The lowest BCUT2D eigenvalue weighted by atomic mass is 9.81. The van der Waals surface area contributed by atoms with E-state index in [0.717, 1.165) is 51.2 Å². The molecule has 0 spiro atoms. The number of ketones is 1. The first-order chi connectivity index (χ1) is 37.8. The van der Waals surface area contributed by atoms with Gasteiger partial charge in [-0.1, -0.05) is 37.8 Å². The first-order valence-electron chi connectivity index (χ1n) is 26.9. The minimum Gasteiger partial charge on any atom is -0.480 e. The molecule has 6 N–H and O–H groups in total. The molecule has 2 aromatic rings. The van der Waals surface area contributed by atoms with Crippen LogP contribution in [0, 0.1) is 5.41 Å². The summed E-state index contributed by atoms with van der Waals surface area (Å²) in [5, 5.41) is 45.8. The molecular weight excluding hydrogens is 1060 g/mol. The van der Waals surface area contributed by atoms with Gasteiger partial charge in [-0.2, -0.15) is 0 Å². The zero-order valence-electron chi connectivity index (χ0n) is 47.1. The lowest BCUT2D eigenvalue weighted by molar-refractivity contribution is -0.881. The molecule has 0 bridgehead atoms. The number of aromatic nitrogens is 1. The number of fused-ring (bicyclic) bond motifs is 2. The summed E-state index contributed by atoms with van der Waals surface area (Å²) in [5.41, 5.74) is 6.96. The van der Waals surface area contributed by atoms with Gasteiger partial charge in [0.1, 0.15) is 18.9 Å². The molecule has 5 aliphatic heterocycles. The molecule has 20 nitrogen and oxygen atoms in total. The van der Waals surface area contributed by atoms with E-state index in [1.165, 1.54) is 32.1 Å². The smallest absolute Gasteiger partial charge is 0.328 e. The normalized spacial score (nSPS) is 21.2. The molecule has 7 rings (SSSR count). The number of thioether (sulfide) groups is 1. The number of aliphatic carboxylic acids is 4. The Morgan fingerprint density at radius 2 is 1.41 bits per heavy atom. The van der Waals surface area contributed by atoms with E-state index >= 15 is 0 Å². The fourth-order valence-electron chi connectivity index (χ4n) is 10.7. The molecule has 1 saturated heterocycles. The van der Waals surface area contributed by atoms with E-state index in [1.807, 2.05) is 38.6 Å². The van der Waals surface area contributed by atoms with Crippen LogP contribution in [0.25, 0.3) is 0 Å². The van der Waals surface area contributed by atoms with Gasteiger partial charge in [-0.05, 0) is 98.2 Å². The van der Waals surface area contributed by atoms with Crippen molar-refractivity contribution in [2.45, 2.75) is 56.9 Å². The molecule has 1 unspecified atom stereocenters. The van der Waals surface area contributed by atoms with Crippen molar-refractivity contribution < 1.29 is 53.4 Å². The van der Waals surface area contributed by atoms with Crippen LogP contribution in [0.2, 0.25) is 0 Å². The number of nitrogens with one attached hydrogen (secondary N) is 2. The van der Waals surface area contributed by atoms with Gasteiger partial charge in [0.25, 0.3) is 0 Å². The van der Waals surface area contributed by atoms with E-state index in [2.05, 4.69) is 123 Å². The number of hydrogen-bond acceptors (Lipinski definition) is 14. The Kier molecular flexibility index (Phi) is 20.0. The third-order valence-corrected chi connectivity index (χ3v) is 16.6. The fourth-order valence-corrected chi connectivity index (χ4v) is 11.9. The van der Waals surface area contributed by atoms with Crippen molar-refractivity contribution in [1.29, 1.82) is 0 Å². The summed E-state index contributed by atoms with van der Waals surface area (Å²) in [7, 11) is 8.57. The Morgan fingerprint density at radius 1 is 0.812 bits per heavy atom. The molecule has 22 heteroatoms. The Hall–Kier alpha value is -6.66. The van der Waals surface area contributed by atoms with Crippen molar-refractivity contribution >= 4 is 81.8 Å². The van der Waals surface area contributed by atoms with Crippen molar-refractivity contribution in [3.05, 3.63) is 118 Å². The van der Waals surface area contributed by atoms with Crippen LogP contribution in [0.15, 0.2) is 127 Å². The molecule has 0 amide bonds. The summed E-state index contributed by atoms with van der Waals surface area (Å²) < 4.78 is 2.82. The van der Waals surface area contributed by atoms with E-state index in [1.54, 1.807) is 26.5 Å². The SMILES string of the molecule is CN1C=CC=C2C1=NC(=CC=C1C[N+](C)(C)CC(C=CC3=Nc4c(ccc[n+]4C)C3(C)C)=C1Sc1ccc(NC(=S)NCCCC(=O)C(C(=O)O)N3CCN(CC(=O)O)CCN(CC(=O)O)CCN(CC(=O)O)CC3)cc1)C2(C)C. The highest BCUT2D eigenvalue weighted by Gasteiger charge is 2.43. The van der Waals surface area contributed by atoms with Crippen molar-refractivity contribution in [3.63, 3.8) is 0 Å². The van der Waals surface area contributed by atoms with Crippen LogP contribution < -0.4 is 15.2 Å². The Balaban J connectivity index is 1.03. The number of carboxylic acid groups (broad SMARTS) is 4. The van der Waals surface area contributed by atoms with Crippen LogP contribution >= 0.6 is 24.0 Å². The van der Waals surface area contributed by atoms with Crippen LogP contribution in [-0.4, -0.2) is 215 Å². The first-order valence-corrected chi connectivity index (χ1v) is 28.1. The van der Waals surface area contributed by atoms with Gasteiger partial charge in [0.15, 0.2) is 22.6 Å². The van der Waals surface area contributed by atoms with Crippen molar-refractivity contribution in [2.75, 3.05) is 118 Å². The number of aryl methyl sites for hydroxylation is 1. The predicted molar refractivity (Wildman–Crippen MR) is 314 cm³/mol. The molecule has 6 heterocycles. The van der Waals surface area contributed by atoms with Gasteiger partial charge < -0.3 is 40.4 Å². The maximum Gasteiger partial charge on any atom is 0.328 e. The number of allylic oxidation sites excluding steroid dienone is 6. The summed E-state index contributed by atoms with van der Waals surface area (Å²) in [5.74, 6) is -3.31. The lowest BCUT2D eigenvalue weighted by Crippen LogP contribution is -2.54. The molecule has 0 saturated carbocycles. The van der Waals surface area contributed by atoms with Crippen LogP contribution in [-0.2, 0) is 36.4 Å². The molecule has 1 aromatic carbocycles. The lowest BCUT2D eigenvalue weighted by Gasteiger charge is -2.37. The average molecular weight is 1140 g/mol. The van der Waals surface area contributed by atoms with Gasteiger partial charge in [0.2, 0.25) is 0 Å². The Labute approximate surface area is 478 Å². The van der Waals surface area contributed by atoms with Gasteiger partial charge in [0.05, 0.1) is 63.6 Å². The number of pyridine rings is 1. The highest BCUT2D eigenvalue weighted by atomic mass is 32.2. The van der Waals surface area contributed by atoms with E-state index in [-0.39, 0.29) is 102 Å². The quantitative estimate of drug-likeness (QED) is 0.0366. The maximum atomic E-state index is 13.8. The summed E-state index contributed by atoms with van der Waals surface area (Å²) in [6.07, 6.45) is 17.3. The van der Waals surface area contributed by atoms with Crippen molar-refractivity contribution in [2.24, 2.45) is 22.4 Å². The van der Waals surface area contributed by atoms with Gasteiger partial charge in [-0.15, -0.1) is 0 Å². The minimum absolute atomic E-state index is 0.00400. The zero-order valence-corrected chi connectivity index (χ0v) is 48.8. The molecule has 80 heavy (non-hydrogen) atoms. The van der Waals surface area contributed by atoms with Gasteiger partial charge in [-0.25, -0.2) is 9.56 Å². The van der Waals surface area contributed by atoms with E-state index in [4.69, 9.17) is 22.2 Å². The second kappa shape index (κ2) is 26.3. The number of benzene rings is 1. The van der Waals surface area contributed by atoms with Gasteiger partial charge >= 0.3 is 29.7 Å².